The molecule has 2 amide bonds. The van der Waals surface area contributed by atoms with E-state index in [4.69, 9.17) is 10.5 Å². The molecule has 2 N–H and O–H groups in total. The summed E-state index contributed by atoms with van der Waals surface area (Å²) in [6, 6.07) is 7.67. The first kappa shape index (κ1) is 17.7. The average molecular weight is 330 g/mol. The normalized spacial score (nSPS) is 17.7. The number of hydrogen-bond donors (Lipinski definition) is 1. The molecular formula is C18H22N2O4. The van der Waals surface area contributed by atoms with Crippen LogP contribution >= 0.6 is 0 Å². The van der Waals surface area contributed by atoms with Crippen molar-refractivity contribution >= 4 is 23.9 Å². The molecule has 1 aliphatic heterocycles. The van der Waals surface area contributed by atoms with Crippen molar-refractivity contribution in [2.75, 3.05) is 19.7 Å². The summed E-state index contributed by atoms with van der Waals surface area (Å²) in [7, 11) is 0. The number of carbonyl (C=O) groups excluding carboxylic acids is 3. The van der Waals surface area contributed by atoms with Gasteiger partial charge >= 0.3 is 5.97 Å². The summed E-state index contributed by atoms with van der Waals surface area (Å²) in [6.07, 6.45) is 4.35. The molecule has 0 aliphatic carbocycles. The number of aryl methyl sites for hydroxylation is 1. The molecule has 0 unspecified atom stereocenters. The molecule has 1 aromatic rings. The smallest absolute Gasteiger partial charge is 0.331 e. The van der Waals surface area contributed by atoms with E-state index in [1.54, 1.807) is 6.08 Å². The number of hydrogen-bond acceptors (Lipinski definition) is 4. The maximum absolute atomic E-state index is 12.1. The van der Waals surface area contributed by atoms with E-state index in [9.17, 15) is 14.4 Å². The summed E-state index contributed by atoms with van der Waals surface area (Å²) in [5.74, 6) is -1.60. The summed E-state index contributed by atoms with van der Waals surface area (Å²) in [6.45, 7) is 2.49. The van der Waals surface area contributed by atoms with Crippen molar-refractivity contribution < 1.29 is 19.1 Å². The van der Waals surface area contributed by atoms with Gasteiger partial charge in [-0.1, -0.05) is 29.8 Å². The van der Waals surface area contributed by atoms with E-state index in [-0.39, 0.29) is 18.4 Å². The van der Waals surface area contributed by atoms with Crippen molar-refractivity contribution in [1.82, 2.24) is 4.90 Å². The Bertz CT molecular complexity index is 654. The van der Waals surface area contributed by atoms with Gasteiger partial charge in [0.15, 0.2) is 6.61 Å². The predicted molar refractivity (Wildman–Crippen MR) is 89.7 cm³/mol. The van der Waals surface area contributed by atoms with Gasteiger partial charge in [-0.25, -0.2) is 4.79 Å². The van der Waals surface area contributed by atoms with Crippen LogP contribution in [0.4, 0.5) is 0 Å². The van der Waals surface area contributed by atoms with Crippen LogP contribution in [0.15, 0.2) is 30.3 Å². The molecule has 128 valence electrons. The lowest BCUT2D eigenvalue weighted by Gasteiger charge is -2.30. The van der Waals surface area contributed by atoms with E-state index in [0.717, 1.165) is 17.5 Å². The number of benzene rings is 1. The van der Waals surface area contributed by atoms with Crippen LogP contribution in [0, 0.1) is 12.8 Å². The Hall–Kier alpha value is -2.63. The lowest BCUT2D eigenvalue weighted by Crippen LogP contribution is -2.45. The maximum Gasteiger partial charge on any atom is 0.331 e. The van der Waals surface area contributed by atoms with Crippen LogP contribution in [0.25, 0.3) is 6.08 Å². The van der Waals surface area contributed by atoms with Crippen LogP contribution in [-0.4, -0.2) is 42.4 Å². The molecule has 0 aromatic heterocycles. The molecular weight excluding hydrogens is 308 g/mol. The SMILES string of the molecule is Cc1cccc(/C=C/C(=O)OCC(=O)N2CCC[C@@H](C(N)=O)C2)c1. The number of nitrogens with zero attached hydrogens (tertiary/aromatic N) is 1. The average Bonchev–Trinajstić information content (AvgIpc) is 2.58. The van der Waals surface area contributed by atoms with Crippen LogP contribution in [-0.2, 0) is 19.1 Å². The number of carbonyl (C=O) groups is 3. The summed E-state index contributed by atoms with van der Waals surface area (Å²) >= 11 is 0. The summed E-state index contributed by atoms with van der Waals surface area (Å²) < 4.78 is 4.97. The topological polar surface area (TPSA) is 89.7 Å². The van der Waals surface area contributed by atoms with Crippen LogP contribution in [0.5, 0.6) is 0 Å². The second kappa shape index (κ2) is 8.29. The number of nitrogens with two attached hydrogens (primary N) is 1. The molecule has 0 bridgehead atoms. The molecule has 1 heterocycles. The van der Waals surface area contributed by atoms with Crippen LogP contribution < -0.4 is 5.73 Å². The van der Waals surface area contributed by atoms with E-state index in [0.29, 0.717) is 19.5 Å². The predicted octanol–water partition coefficient (Wildman–Crippen LogP) is 1.28. The van der Waals surface area contributed by atoms with Gasteiger partial charge in [0.25, 0.3) is 5.91 Å². The molecule has 0 radical (unpaired) electrons. The Morgan fingerprint density at radius 2 is 2.17 bits per heavy atom. The molecule has 1 aliphatic rings. The molecule has 0 saturated carbocycles. The molecule has 1 fully saturated rings. The lowest BCUT2D eigenvalue weighted by molar-refractivity contribution is -0.149. The summed E-state index contributed by atoms with van der Waals surface area (Å²) in [4.78, 5) is 36.5. The van der Waals surface area contributed by atoms with E-state index in [2.05, 4.69) is 0 Å². The first-order valence-corrected chi connectivity index (χ1v) is 7.94. The fourth-order valence-electron chi connectivity index (χ4n) is 2.65. The highest BCUT2D eigenvalue weighted by atomic mass is 16.5. The fraction of sp³-hybridized carbons (Fsp3) is 0.389. The van der Waals surface area contributed by atoms with E-state index < -0.39 is 11.9 Å². The minimum Gasteiger partial charge on any atom is -0.452 e. The highest BCUT2D eigenvalue weighted by Gasteiger charge is 2.27. The number of rotatable bonds is 5. The monoisotopic (exact) mass is 330 g/mol. The highest BCUT2D eigenvalue weighted by molar-refractivity contribution is 5.89. The number of primary amides is 1. The van der Waals surface area contributed by atoms with Gasteiger partial charge in [0.1, 0.15) is 0 Å². The number of likely N-dealkylation sites (tertiary alicyclic amines) is 1. The first-order valence-electron chi connectivity index (χ1n) is 7.94. The Morgan fingerprint density at radius 1 is 1.38 bits per heavy atom. The minimum absolute atomic E-state index is 0.296. The quantitative estimate of drug-likeness (QED) is 0.650. The third-order valence-electron chi connectivity index (χ3n) is 3.97. The van der Waals surface area contributed by atoms with Gasteiger partial charge in [-0.3, -0.25) is 9.59 Å². The number of piperidine rings is 1. The molecule has 1 aromatic carbocycles. The first-order chi connectivity index (χ1) is 11.5. The molecule has 1 atom stereocenters. The molecule has 2 rings (SSSR count). The van der Waals surface area contributed by atoms with Gasteiger partial charge in [-0.15, -0.1) is 0 Å². The van der Waals surface area contributed by atoms with Gasteiger partial charge in [-0.05, 0) is 31.4 Å². The number of esters is 1. The van der Waals surface area contributed by atoms with Crippen LogP contribution in [0.1, 0.15) is 24.0 Å². The summed E-state index contributed by atoms with van der Waals surface area (Å²) in [5, 5.41) is 0. The Balaban J connectivity index is 1.80. The van der Waals surface area contributed by atoms with Crippen molar-refractivity contribution in [3.63, 3.8) is 0 Å². The molecule has 0 spiro atoms. The third-order valence-corrected chi connectivity index (χ3v) is 3.97. The lowest BCUT2D eigenvalue weighted by atomic mass is 9.97. The molecule has 6 nitrogen and oxygen atoms in total. The van der Waals surface area contributed by atoms with Gasteiger partial charge in [0.2, 0.25) is 5.91 Å². The highest BCUT2D eigenvalue weighted by Crippen LogP contribution is 2.16. The van der Waals surface area contributed by atoms with Gasteiger partial charge < -0.3 is 15.4 Å². The summed E-state index contributed by atoms with van der Waals surface area (Å²) in [5.41, 5.74) is 7.27. The van der Waals surface area contributed by atoms with E-state index in [1.165, 1.54) is 11.0 Å². The van der Waals surface area contributed by atoms with Crippen molar-refractivity contribution in [3.8, 4) is 0 Å². The van der Waals surface area contributed by atoms with Crippen molar-refractivity contribution in [2.24, 2.45) is 11.7 Å². The van der Waals surface area contributed by atoms with E-state index >= 15 is 0 Å². The third kappa shape index (κ3) is 5.22. The zero-order valence-electron chi connectivity index (χ0n) is 13.7. The van der Waals surface area contributed by atoms with E-state index in [1.807, 2.05) is 31.2 Å². The molecule has 24 heavy (non-hydrogen) atoms. The maximum atomic E-state index is 12.1. The van der Waals surface area contributed by atoms with Crippen LogP contribution in [0.2, 0.25) is 0 Å². The standard InChI is InChI=1S/C18H22N2O4/c1-13-4-2-5-14(10-13)7-8-17(22)24-12-16(21)20-9-3-6-15(11-20)18(19)23/h2,4-5,7-8,10,15H,3,6,9,11-12H2,1H3,(H2,19,23)/b8-7+/t15-/m1/s1. The molecule has 1 saturated heterocycles. The zero-order chi connectivity index (χ0) is 17.5. The van der Waals surface area contributed by atoms with Gasteiger partial charge in [-0.2, -0.15) is 0 Å². The number of amides is 2. The Kier molecular flexibility index (Phi) is 6.12. The van der Waals surface area contributed by atoms with Crippen molar-refractivity contribution in [1.29, 1.82) is 0 Å². The number of ether oxygens (including phenoxy) is 1. The van der Waals surface area contributed by atoms with Gasteiger partial charge in [0, 0.05) is 19.2 Å². The van der Waals surface area contributed by atoms with Crippen LogP contribution in [0.3, 0.4) is 0 Å². The Labute approximate surface area is 141 Å². The van der Waals surface area contributed by atoms with Crippen molar-refractivity contribution in [3.05, 3.63) is 41.5 Å². The largest absolute Gasteiger partial charge is 0.452 e. The minimum atomic E-state index is -0.576. The Morgan fingerprint density at radius 3 is 2.88 bits per heavy atom. The second-order valence-electron chi connectivity index (χ2n) is 5.94. The zero-order valence-corrected chi connectivity index (χ0v) is 13.7. The fourth-order valence-corrected chi connectivity index (χ4v) is 2.65. The molecule has 6 heteroatoms. The second-order valence-corrected chi connectivity index (χ2v) is 5.94. The van der Waals surface area contributed by atoms with Gasteiger partial charge in [0.05, 0.1) is 5.92 Å². The van der Waals surface area contributed by atoms with Crippen molar-refractivity contribution in [2.45, 2.75) is 19.8 Å².